The Morgan fingerprint density at radius 1 is 1.07 bits per heavy atom. The minimum atomic E-state index is 0.863. The Balaban J connectivity index is 1.94. The van der Waals surface area contributed by atoms with Gasteiger partial charge in [0.05, 0.1) is 0 Å². The molecule has 2 N–H and O–H groups in total. The first-order valence-electron chi connectivity index (χ1n) is 6.79. The van der Waals surface area contributed by atoms with Gasteiger partial charge in [-0.1, -0.05) is 26.2 Å². The van der Waals surface area contributed by atoms with Crippen molar-refractivity contribution in [2.45, 2.75) is 51.9 Å². The maximum Gasteiger partial charge on any atom is -0.00161 e. The van der Waals surface area contributed by atoms with Crippen LogP contribution in [0.5, 0.6) is 0 Å². The van der Waals surface area contributed by atoms with E-state index in [1.54, 1.807) is 0 Å². The van der Waals surface area contributed by atoms with Crippen molar-refractivity contribution in [2.75, 3.05) is 26.2 Å². The van der Waals surface area contributed by atoms with Gasteiger partial charge >= 0.3 is 0 Å². The van der Waals surface area contributed by atoms with E-state index >= 15 is 0 Å². The molecule has 0 unspecified atom stereocenters. The molecule has 15 heavy (non-hydrogen) atoms. The zero-order valence-electron chi connectivity index (χ0n) is 10.4. The average molecular weight is 212 g/mol. The quantitative estimate of drug-likeness (QED) is 0.657. The molecular formula is C13H28N2. The summed E-state index contributed by atoms with van der Waals surface area (Å²) in [6.45, 7) is 7.20. The monoisotopic (exact) mass is 212 g/mol. The lowest BCUT2D eigenvalue weighted by molar-refractivity contribution is 0.179. The number of hydrogen-bond acceptors (Lipinski definition) is 2. The molecule has 0 aromatic rings. The zero-order valence-corrected chi connectivity index (χ0v) is 10.4. The van der Waals surface area contributed by atoms with Crippen LogP contribution in [-0.2, 0) is 0 Å². The fourth-order valence-electron chi connectivity index (χ4n) is 2.45. The Bertz CT molecular complexity index is 139. The predicted molar refractivity (Wildman–Crippen MR) is 67.0 cm³/mol. The van der Waals surface area contributed by atoms with Crippen molar-refractivity contribution in [3.63, 3.8) is 0 Å². The van der Waals surface area contributed by atoms with Crippen LogP contribution in [-0.4, -0.2) is 31.1 Å². The van der Waals surface area contributed by atoms with Gasteiger partial charge in [0.1, 0.15) is 0 Å². The van der Waals surface area contributed by atoms with Gasteiger partial charge in [-0.05, 0) is 57.8 Å². The second-order valence-electron chi connectivity index (χ2n) is 4.90. The highest BCUT2D eigenvalue weighted by Crippen LogP contribution is 2.20. The molecule has 0 radical (unpaired) electrons. The van der Waals surface area contributed by atoms with Gasteiger partial charge in [-0.15, -0.1) is 0 Å². The number of unbranched alkanes of at least 4 members (excludes halogenated alkanes) is 3. The first-order chi connectivity index (χ1) is 7.36. The fraction of sp³-hybridized carbons (Fsp3) is 1.00. The first kappa shape index (κ1) is 13.0. The third kappa shape index (κ3) is 5.53. The predicted octanol–water partition coefficient (Wildman–Crippen LogP) is 2.63. The van der Waals surface area contributed by atoms with E-state index in [0.717, 1.165) is 12.5 Å². The van der Waals surface area contributed by atoms with E-state index in [1.807, 2.05) is 0 Å². The lowest BCUT2D eigenvalue weighted by atomic mass is 9.94. The summed E-state index contributed by atoms with van der Waals surface area (Å²) in [5, 5.41) is 0. The topological polar surface area (TPSA) is 29.3 Å². The van der Waals surface area contributed by atoms with Crippen LogP contribution >= 0.6 is 0 Å². The molecule has 1 fully saturated rings. The van der Waals surface area contributed by atoms with E-state index in [9.17, 15) is 0 Å². The SMILES string of the molecule is CCC1CCN(CCCCCCN)CC1. The molecule has 0 spiro atoms. The lowest BCUT2D eigenvalue weighted by Gasteiger charge is -2.31. The molecule has 0 atom stereocenters. The maximum atomic E-state index is 5.47. The second-order valence-corrected chi connectivity index (χ2v) is 4.90. The molecular weight excluding hydrogens is 184 g/mol. The molecule has 0 saturated carbocycles. The molecule has 1 heterocycles. The molecule has 1 aliphatic heterocycles. The molecule has 0 amide bonds. The van der Waals surface area contributed by atoms with Crippen molar-refractivity contribution >= 4 is 0 Å². The van der Waals surface area contributed by atoms with Gasteiger partial charge in [0.15, 0.2) is 0 Å². The standard InChI is InChI=1S/C13H28N2/c1-2-13-7-11-15(12-8-13)10-6-4-3-5-9-14/h13H,2-12,14H2,1H3. The van der Waals surface area contributed by atoms with E-state index in [-0.39, 0.29) is 0 Å². The molecule has 2 heteroatoms. The number of rotatable bonds is 7. The van der Waals surface area contributed by atoms with Crippen LogP contribution in [0.3, 0.4) is 0 Å². The largest absolute Gasteiger partial charge is 0.330 e. The number of hydrogen-bond donors (Lipinski definition) is 1. The van der Waals surface area contributed by atoms with Gasteiger partial charge in [0.25, 0.3) is 0 Å². The molecule has 0 aromatic carbocycles. The van der Waals surface area contributed by atoms with Crippen molar-refractivity contribution < 1.29 is 0 Å². The van der Waals surface area contributed by atoms with Crippen LogP contribution in [0, 0.1) is 5.92 Å². The van der Waals surface area contributed by atoms with Gasteiger partial charge < -0.3 is 10.6 Å². The van der Waals surface area contributed by atoms with E-state index in [2.05, 4.69) is 11.8 Å². The molecule has 1 rings (SSSR count). The van der Waals surface area contributed by atoms with Gasteiger partial charge in [-0.25, -0.2) is 0 Å². The number of nitrogens with zero attached hydrogens (tertiary/aromatic N) is 1. The molecule has 0 aliphatic carbocycles. The van der Waals surface area contributed by atoms with E-state index in [0.29, 0.717) is 0 Å². The Kier molecular flexibility index (Phi) is 7.03. The maximum absolute atomic E-state index is 5.47. The summed E-state index contributed by atoms with van der Waals surface area (Å²) in [6.07, 6.45) is 9.50. The Labute approximate surface area is 95.2 Å². The molecule has 0 aromatic heterocycles. The summed E-state index contributed by atoms with van der Waals surface area (Å²) in [4.78, 5) is 2.65. The highest BCUT2D eigenvalue weighted by molar-refractivity contribution is 4.71. The van der Waals surface area contributed by atoms with Crippen molar-refractivity contribution in [1.29, 1.82) is 0 Å². The minimum Gasteiger partial charge on any atom is -0.330 e. The van der Waals surface area contributed by atoms with Gasteiger partial charge in [-0.2, -0.15) is 0 Å². The summed E-state index contributed by atoms with van der Waals surface area (Å²) in [6, 6.07) is 0. The summed E-state index contributed by atoms with van der Waals surface area (Å²) >= 11 is 0. The van der Waals surface area contributed by atoms with Crippen LogP contribution in [0.2, 0.25) is 0 Å². The zero-order chi connectivity index (χ0) is 10.9. The molecule has 1 saturated heterocycles. The molecule has 0 bridgehead atoms. The summed E-state index contributed by atoms with van der Waals surface area (Å²) in [5.74, 6) is 1.01. The average Bonchev–Trinajstić information content (AvgIpc) is 2.30. The third-order valence-electron chi connectivity index (χ3n) is 3.71. The van der Waals surface area contributed by atoms with E-state index in [1.165, 1.54) is 64.6 Å². The van der Waals surface area contributed by atoms with Crippen LogP contribution in [0.1, 0.15) is 51.9 Å². The summed E-state index contributed by atoms with van der Waals surface area (Å²) in [5.41, 5.74) is 5.47. The normalized spacial score (nSPS) is 19.6. The van der Waals surface area contributed by atoms with E-state index < -0.39 is 0 Å². The van der Waals surface area contributed by atoms with Gasteiger partial charge in [0.2, 0.25) is 0 Å². The van der Waals surface area contributed by atoms with Crippen LogP contribution in [0.25, 0.3) is 0 Å². The molecule has 2 nitrogen and oxygen atoms in total. The number of nitrogens with two attached hydrogens (primary N) is 1. The number of likely N-dealkylation sites (tertiary alicyclic amines) is 1. The van der Waals surface area contributed by atoms with Crippen molar-refractivity contribution in [1.82, 2.24) is 4.90 Å². The van der Waals surface area contributed by atoms with Crippen LogP contribution < -0.4 is 5.73 Å². The smallest absolute Gasteiger partial charge is 0.00161 e. The lowest BCUT2D eigenvalue weighted by Crippen LogP contribution is -2.34. The Morgan fingerprint density at radius 2 is 1.73 bits per heavy atom. The van der Waals surface area contributed by atoms with Gasteiger partial charge in [0, 0.05) is 0 Å². The molecule has 90 valence electrons. The Hall–Kier alpha value is -0.0800. The highest BCUT2D eigenvalue weighted by Gasteiger charge is 2.16. The van der Waals surface area contributed by atoms with Crippen molar-refractivity contribution in [2.24, 2.45) is 11.7 Å². The van der Waals surface area contributed by atoms with Crippen molar-refractivity contribution in [3.05, 3.63) is 0 Å². The Morgan fingerprint density at radius 3 is 2.33 bits per heavy atom. The van der Waals surface area contributed by atoms with Crippen molar-refractivity contribution in [3.8, 4) is 0 Å². The fourth-order valence-corrected chi connectivity index (χ4v) is 2.45. The first-order valence-corrected chi connectivity index (χ1v) is 6.79. The second kappa shape index (κ2) is 8.12. The number of piperidine rings is 1. The minimum absolute atomic E-state index is 0.863. The van der Waals surface area contributed by atoms with E-state index in [4.69, 9.17) is 5.73 Å². The van der Waals surface area contributed by atoms with Gasteiger partial charge in [-0.3, -0.25) is 0 Å². The third-order valence-corrected chi connectivity index (χ3v) is 3.71. The molecule has 1 aliphatic rings. The summed E-state index contributed by atoms with van der Waals surface area (Å²) < 4.78 is 0. The van der Waals surface area contributed by atoms with Crippen LogP contribution in [0.4, 0.5) is 0 Å². The van der Waals surface area contributed by atoms with Crippen LogP contribution in [0.15, 0.2) is 0 Å². The highest BCUT2D eigenvalue weighted by atomic mass is 15.1. The summed E-state index contributed by atoms with van der Waals surface area (Å²) in [7, 11) is 0.